The number of pyridine rings is 1. The Labute approximate surface area is 214 Å². The van der Waals surface area contributed by atoms with E-state index in [2.05, 4.69) is 41.5 Å². The average Bonchev–Trinajstić information content (AvgIpc) is 2.95. The van der Waals surface area contributed by atoms with Crippen LogP contribution in [0.15, 0.2) is 18.2 Å². The van der Waals surface area contributed by atoms with Crippen molar-refractivity contribution in [2.75, 3.05) is 19.8 Å². The van der Waals surface area contributed by atoms with Crippen LogP contribution in [0.3, 0.4) is 0 Å². The maximum Gasteiger partial charge on any atom is 0.197 e. The summed E-state index contributed by atoms with van der Waals surface area (Å²) in [6.45, 7) is 20.4. The zero-order valence-corrected chi connectivity index (χ0v) is 23.4. The first kappa shape index (κ1) is 27.6. The van der Waals surface area contributed by atoms with Crippen LogP contribution in [-0.4, -0.2) is 41.3 Å². The van der Waals surface area contributed by atoms with E-state index in [-0.39, 0.29) is 46.9 Å². The number of carbonyl (C=O) groups is 1. The summed E-state index contributed by atoms with van der Waals surface area (Å²) in [6.07, 6.45) is 0. The van der Waals surface area contributed by atoms with Crippen molar-refractivity contribution < 1.29 is 18.7 Å². The lowest BCUT2D eigenvalue weighted by Gasteiger charge is -2.33. The van der Waals surface area contributed by atoms with Gasteiger partial charge in [0.15, 0.2) is 23.1 Å². The summed E-state index contributed by atoms with van der Waals surface area (Å²) < 4.78 is 26.9. The molecule has 2 aromatic rings. The molecule has 7 heteroatoms. The van der Waals surface area contributed by atoms with Crippen LogP contribution in [0.4, 0.5) is 4.39 Å². The minimum absolute atomic E-state index is 0.00518. The molecule has 1 N–H and O–H groups in total. The summed E-state index contributed by atoms with van der Waals surface area (Å²) in [5.74, 6) is -0.491. The molecule has 196 valence electrons. The maximum absolute atomic E-state index is 15.7. The molecule has 0 unspecified atom stereocenters. The number of amidine groups is 1. The first-order chi connectivity index (χ1) is 16.5. The van der Waals surface area contributed by atoms with Gasteiger partial charge in [-0.15, -0.1) is 0 Å². The van der Waals surface area contributed by atoms with Crippen molar-refractivity contribution in [1.29, 1.82) is 5.41 Å². The molecule has 0 fully saturated rings. The molecule has 1 aromatic carbocycles. The number of benzene rings is 1. The number of ketones is 1. The fourth-order valence-electron chi connectivity index (χ4n) is 4.40. The number of ether oxygens (including phenoxy) is 2. The van der Waals surface area contributed by atoms with Gasteiger partial charge in [-0.2, -0.15) is 0 Å². The third kappa shape index (κ3) is 4.97. The van der Waals surface area contributed by atoms with Crippen LogP contribution in [0.1, 0.15) is 102 Å². The zero-order valence-electron chi connectivity index (χ0n) is 23.4. The Kier molecular flexibility index (Phi) is 7.28. The minimum atomic E-state index is -0.799. The van der Waals surface area contributed by atoms with Crippen molar-refractivity contribution in [3.05, 3.63) is 52.1 Å². The van der Waals surface area contributed by atoms with E-state index in [9.17, 15) is 4.79 Å². The topological polar surface area (TPSA) is 75.5 Å². The monoisotopic (exact) mass is 497 g/mol. The Morgan fingerprint density at radius 2 is 1.53 bits per heavy atom. The molecule has 0 aliphatic carbocycles. The lowest BCUT2D eigenvalue weighted by molar-refractivity contribution is 0.0920. The van der Waals surface area contributed by atoms with Crippen LogP contribution in [-0.2, 0) is 16.4 Å². The van der Waals surface area contributed by atoms with Gasteiger partial charge in [-0.3, -0.25) is 15.2 Å². The smallest absolute Gasteiger partial charge is 0.197 e. The predicted molar refractivity (Wildman–Crippen MR) is 141 cm³/mol. The number of nitrogens with one attached hydrogen (secondary N) is 1. The number of carbonyl (C=O) groups excluding carboxylic acids is 1. The molecule has 3 rings (SSSR count). The molecule has 0 spiro atoms. The molecule has 0 saturated heterocycles. The third-order valence-electron chi connectivity index (χ3n) is 6.60. The van der Waals surface area contributed by atoms with E-state index in [4.69, 9.17) is 19.9 Å². The van der Waals surface area contributed by atoms with Gasteiger partial charge in [0.25, 0.3) is 0 Å². The van der Waals surface area contributed by atoms with E-state index in [1.54, 1.807) is 17.9 Å². The van der Waals surface area contributed by atoms with Gasteiger partial charge in [0.1, 0.15) is 5.84 Å². The summed E-state index contributed by atoms with van der Waals surface area (Å²) in [5, 5.41) is 8.85. The maximum atomic E-state index is 15.7. The largest absolute Gasteiger partial charge is 0.490 e. The van der Waals surface area contributed by atoms with E-state index in [1.165, 1.54) is 0 Å². The molecule has 1 aromatic heterocycles. The van der Waals surface area contributed by atoms with Crippen LogP contribution in [0.2, 0.25) is 0 Å². The Morgan fingerprint density at radius 3 is 2.00 bits per heavy atom. The molecule has 0 radical (unpaired) electrons. The zero-order chi connectivity index (χ0) is 27.2. The first-order valence-electron chi connectivity index (χ1n) is 12.6. The first-order valence-corrected chi connectivity index (χ1v) is 12.6. The number of Topliss-reactive ketones (excluding diaryl/α,β-unsaturated/α-hetero) is 1. The van der Waals surface area contributed by atoms with Gasteiger partial charge < -0.3 is 14.4 Å². The van der Waals surface area contributed by atoms with Gasteiger partial charge in [-0.05, 0) is 51.5 Å². The van der Waals surface area contributed by atoms with E-state index >= 15 is 4.39 Å². The summed E-state index contributed by atoms with van der Waals surface area (Å²) >= 11 is 0. The Balaban J connectivity index is 2.06. The fourth-order valence-corrected chi connectivity index (χ4v) is 4.40. The highest BCUT2D eigenvalue weighted by Crippen LogP contribution is 2.46. The van der Waals surface area contributed by atoms with E-state index in [1.807, 2.05) is 32.9 Å². The molecule has 0 bridgehead atoms. The number of hydrogen-bond donors (Lipinski definition) is 1. The molecular weight excluding hydrogens is 457 g/mol. The highest BCUT2D eigenvalue weighted by Gasteiger charge is 2.45. The molecule has 2 heterocycles. The van der Waals surface area contributed by atoms with Crippen molar-refractivity contribution in [2.45, 2.75) is 85.6 Å². The normalized spacial score (nSPS) is 15.2. The van der Waals surface area contributed by atoms with Gasteiger partial charge in [-0.1, -0.05) is 41.5 Å². The summed E-state index contributed by atoms with van der Waals surface area (Å²) in [7, 11) is 0. The standard InChI is InChI=1S/C29H40FN3O3/c1-11-35-20-15-18-23(24(30)25(20)36-12-2)26(31)33(29(18,9)10)16-19(34)17-13-21(27(3,4)5)32-22(14-17)28(6,7)8/h13-15,31H,11-12,16H2,1-10H3. The predicted octanol–water partition coefficient (Wildman–Crippen LogP) is 6.37. The Hall–Kier alpha value is -2.96. The van der Waals surface area contributed by atoms with Crippen molar-refractivity contribution in [3.63, 3.8) is 0 Å². The Morgan fingerprint density at radius 1 is 1.00 bits per heavy atom. The number of aromatic nitrogens is 1. The van der Waals surface area contributed by atoms with Crippen LogP contribution in [0.5, 0.6) is 11.5 Å². The highest BCUT2D eigenvalue weighted by molar-refractivity contribution is 6.07. The second-order valence-corrected chi connectivity index (χ2v) is 11.8. The van der Waals surface area contributed by atoms with Crippen molar-refractivity contribution >= 4 is 11.6 Å². The van der Waals surface area contributed by atoms with Crippen LogP contribution in [0.25, 0.3) is 0 Å². The third-order valence-corrected chi connectivity index (χ3v) is 6.60. The second-order valence-electron chi connectivity index (χ2n) is 11.8. The fraction of sp³-hybridized carbons (Fsp3) is 0.552. The molecule has 6 nitrogen and oxygen atoms in total. The minimum Gasteiger partial charge on any atom is -0.490 e. The number of hydrogen-bond acceptors (Lipinski definition) is 5. The van der Waals surface area contributed by atoms with Crippen LogP contribution in [0, 0.1) is 11.2 Å². The van der Waals surface area contributed by atoms with Gasteiger partial charge in [0.2, 0.25) is 0 Å². The van der Waals surface area contributed by atoms with Crippen LogP contribution < -0.4 is 9.47 Å². The molecule has 1 aliphatic heterocycles. The lowest BCUT2D eigenvalue weighted by atomic mass is 9.86. The second kappa shape index (κ2) is 9.49. The SMILES string of the molecule is CCOc1cc2c(c(F)c1OCC)C(=N)N(CC(=O)c1cc(C(C)(C)C)nc(C(C)(C)C)c1)C2(C)C. The number of nitrogens with zero attached hydrogens (tertiary/aromatic N) is 2. The van der Waals surface area contributed by atoms with Gasteiger partial charge in [0.05, 0.1) is 30.9 Å². The van der Waals surface area contributed by atoms with Gasteiger partial charge in [-0.25, -0.2) is 4.39 Å². The molecule has 0 amide bonds. The van der Waals surface area contributed by atoms with Crippen molar-refractivity contribution in [2.24, 2.45) is 0 Å². The summed E-state index contributed by atoms with van der Waals surface area (Å²) in [4.78, 5) is 20.2. The lowest BCUT2D eigenvalue weighted by Crippen LogP contribution is -2.42. The van der Waals surface area contributed by atoms with Gasteiger partial charge in [0, 0.05) is 27.8 Å². The van der Waals surface area contributed by atoms with E-state index in [0.29, 0.717) is 23.5 Å². The summed E-state index contributed by atoms with van der Waals surface area (Å²) in [5.41, 5.74) is 1.71. The van der Waals surface area contributed by atoms with E-state index in [0.717, 1.165) is 11.4 Å². The van der Waals surface area contributed by atoms with E-state index < -0.39 is 11.4 Å². The van der Waals surface area contributed by atoms with Crippen molar-refractivity contribution in [1.82, 2.24) is 9.88 Å². The molecule has 36 heavy (non-hydrogen) atoms. The molecule has 0 saturated carbocycles. The molecule has 1 aliphatic rings. The number of fused-ring (bicyclic) bond motifs is 1. The highest BCUT2D eigenvalue weighted by atomic mass is 19.1. The number of rotatable bonds is 7. The molecular formula is C29H40FN3O3. The summed E-state index contributed by atoms with van der Waals surface area (Å²) in [6, 6.07) is 5.44. The molecule has 0 atom stereocenters. The van der Waals surface area contributed by atoms with Crippen molar-refractivity contribution in [3.8, 4) is 11.5 Å². The van der Waals surface area contributed by atoms with Gasteiger partial charge >= 0.3 is 0 Å². The Bertz CT molecular complexity index is 1160. The number of halogens is 1. The quantitative estimate of drug-likeness (QED) is 0.450. The average molecular weight is 498 g/mol. The van der Waals surface area contributed by atoms with Crippen LogP contribution >= 0.6 is 0 Å².